The van der Waals surface area contributed by atoms with Crippen molar-refractivity contribution in [1.29, 1.82) is 0 Å². The molecule has 4 heterocycles. The number of nitrogens with one attached hydrogen (secondary N) is 1. The number of hydrogen-bond acceptors (Lipinski definition) is 9. The van der Waals surface area contributed by atoms with Crippen LogP contribution in [0, 0.1) is 5.82 Å². The largest absolute Gasteiger partial charge is 0.481 e. The summed E-state index contributed by atoms with van der Waals surface area (Å²) in [5.41, 5.74) is -0.343. The molecule has 2 N–H and O–H groups in total. The molecule has 0 radical (unpaired) electrons. The molecule has 10 nitrogen and oxygen atoms in total. The second kappa shape index (κ2) is 10.2. The van der Waals surface area contributed by atoms with E-state index in [0.29, 0.717) is 55.4 Å². The van der Waals surface area contributed by atoms with Crippen molar-refractivity contribution >= 4 is 44.9 Å². The first kappa shape index (κ1) is 26.8. The maximum absolute atomic E-state index is 15.2. The lowest BCUT2D eigenvalue weighted by molar-refractivity contribution is -0.147. The molecule has 2 aliphatic heterocycles. The molecular weight excluding hydrogens is 559 g/mol. The van der Waals surface area contributed by atoms with Gasteiger partial charge in [0.2, 0.25) is 5.95 Å². The molecule has 0 amide bonds. The van der Waals surface area contributed by atoms with E-state index in [-0.39, 0.29) is 33.6 Å². The van der Waals surface area contributed by atoms with Gasteiger partial charge in [0, 0.05) is 42.7 Å². The van der Waals surface area contributed by atoms with Crippen molar-refractivity contribution in [2.24, 2.45) is 0 Å². The third kappa shape index (κ3) is 4.77. The van der Waals surface area contributed by atoms with Crippen LogP contribution in [0.25, 0.3) is 0 Å². The van der Waals surface area contributed by atoms with Crippen LogP contribution in [0.2, 0.25) is 5.02 Å². The minimum Gasteiger partial charge on any atom is -0.481 e. The number of fused-ring (bicyclic) bond motifs is 1. The molecule has 1 saturated heterocycles. The highest BCUT2D eigenvalue weighted by Gasteiger charge is 2.47. The summed E-state index contributed by atoms with van der Waals surface area (Å²) in [7, 11) is -3.64. The number of hydrogen-bond donors (Lipinski definition) is 2. The summed E-state index contributed by atoms with van der Waals surface area (Å²) in [4.78, 5) is 31.9. The molecule has 0 spiro atoms. The van der Waals surface area contributed by atoms with Crippen LogP contribution in [0.4, 0.5) is 21.8 Å². The summed E-state index contributed by atoms with van der Waals surface area (Å²) in [6.07, 6.45) is 7.15. The Kier molecular flexibility index (Phi) is 6.86. The monoisotopic (exact) mass is 586 g/mol. The SMILES string of the molecule is O=C(O)C1(c2ccc(Nc3nc(N4CCC(c5ncc(Cl)cn5)CC4)nc4c3S(=O)(=O)CCC4)cc2F)CCC1. The van der Waals surface area contributed by atoms with Gasteiger partial charge in [0.15, 0.2) is 15.7 Å². The Morgan fingerprint density at radius 2 is 1.85 bits per heavy atom. The van der Waals surface area contributed by atoms with Gasteiger partial charge in [-0.3, -0.25) is 4.79 Å². The van der Waals surface area contributed by atoms with E-state index in [9.17, 15) is 18.3 Å². The number of aromatic nitrogens is 4. The smallest absolute Gasteiger partial charge is 0.314 e. The van der Waals surface area contributed by atoms with Gasteiger partial charge in [0.25, 0.3) is 0 Å². The van der Waals surface area contributed by atoms with Crippen LogP contribution < -0.4 is 10.2 Å². The lowest BCUT2D eigenvalue weighted by Crippen LogP contribution is -2.43. The number of sulfone groups is 1. The van der Waals surface area contributed by atoms with Crippen LogP contribution in [0.1, 0.15) is 61.5 Å². The van der Waals surface area contributed by atoms with Crippen molar-refractivity contribution in [3.63, 3.8) is 0 Å². The van der Waals surface area contributed by atoms with Crippen molar-refractivity contribution in [3.8, 4) is 0 Å². The van der Waals surface area contributed by atoms with Crippen LogP contribution >= 0.6 is 11.6 Å². The lowest BCUT2D eigenvalue weighted by atomic mass is 9.64. The third-order valence-electron chi connectivity index (χ3n) is 8.21. The molecule has 6 rings (SSSR count). The van der Waals surface area contributed by atoms with Crippen molar-refractivity contribution < 1.29 is 22.7 Å². The topological polar surface area (TPSA) is 138 Å². The second-order valence-electron chi connectivity index (χ2n) is 10.7. The zero-order chi connectivity index (χ0) is 28.1. The fraction of sp³-hybridized carbons (Fsp3) is 0.444. The summed E-state index contributed by atoms with van der Waals surface area (Å²) in [6, 6.07) is 4.25. The van der Waals surface area contributed by atoms with E-state index in [1.54, 1.807) is 18.5 Å². The van der Waals surface area contributed by atoms with E-state index in [0.717, 1.165) is 25.1 Å². The maximum Gasteiger partial charge on any atom is 0.314 e. The van der Waals surface area contributed by atoms with Crippen LogP contribution in [0.5, 0.6) is 0 Å². The molecule has 1 aliphatic carbocycles. The van der Waals surface area contributed by atoms with Crippen molar-refractivity contribution in [3.05, 3.63) is 58.5 Å². The highest BCUT2D eigenvalue weighted by molar-refractivity contribution is 7.91. The Morgan fingerprint density at radius 3 is 2.48 bits per heavy atom. The predicted octanol–water partition coefficient (Wildman–Crippen LogP) is 4.41. The number of benzene rings is 1. The number of carboxylic acid groups (broad SMARTS) is 1. The first-order valence-corrected chi connectivity index (χ1v) is 15.4. The van der Waals surface area contributed by atoms with Gasteiger partial charge >= 0.3 is 5.97 Å². The molecule has 210 valence electrons. The average molecular weight is 587 g/mol. The number of carbonyl (C=O) groups is 1. The maximum atomic E-state index is 15.2. The summed E-state index contributed by atoms with van der Waals surface area (Å²) in [5.74, 6) is -0.291. The minimum absolute atomic E-state index is 0.0156. The molecule has 0 unspecified atom stereocenters. The van der Waals surface area contributed by atoms with Gasteiger partial charge in [-0.2, -0.15) is 4.98 Å². The minimum atomic E-state index is -3.64. The van der Waals surface area contributed by atoms with Gasteiger partial charge in [-0.05, 0) is 50.7 Å². The average Bonchev–Trinajstić information content (AvgIpc) is 2.89. The van der Waals surface area contributed by atoms with Crippen LogP contribution in [-0.4, -0.2) is 58.3 Å². The summed E-state index contributed by atoms with van der Waals surface area (Å²) < 4.78 is 41.4. The zero-order valence-electron chi connectivity index (χ0n) is 21.6. The Bertz CT molecular complexity index is 1570. The molecule has 0 bridgehead atoms. The predicted molar refractivity (Wildman–Crippen MR) is 146 cm³/mol. The van der Waals surface area contributed by atoms with Crippen LogP contribution in [0.15, 0.2) is 35.5 Å². The molecule has 1 aromatic carbocycles. The quantitative estimate of drug-likeness (QED) is 0.427. The first-order valence-electron chi connectivity index (χ1n) is 13.3. The Labute approximate surface area is 236 Å². The number of rotatable bonds is 6. The van der Waals surface area contributed by atoms with E-state index >= 15 is 4.39 Å². The van der Waals surface area contributed by atoms with E-state index in [4.69, 9.17) is 11.6 Å². The number of piperidine rings is 1. The second-order valence-corrected chi connectivity index (χ2v) is 13.1. The van der Waals surface area contributed by atoms with Gasteiger partial charge in [-0.25, -0.2) is 27.8 Å². The summed E-state index contributed by atoms with van der Waals surface area (Å²) in [6.45, 7) is 1.25. The molecule has 40 heavy (non-hydrogen) atoms. The number of carboxylic acids is 1. The van der Waals surface area contributed by atoms with Gasteiger partial charge in [-0.15, -0.1) is 0 Å². The molecule has 2 aromatic heterocycles. The number of nitrogens with zero attached hydrogens (tertiary/aromatic N) is 5. The van der Waals surface area contributed by atoms with E-state index in [1.807, 2.05) is 4.90 Å². The van der Waals surface area contributed by atoms with Crippen LogP contribution in [0.3, 0.4) is 0 Å². The lowest BCUT2D eigenvalue weighted by Gasteiger charge is -2.38. The highest BCUT2D eigenvalue weighted by Crippen LogP contribution is 2.45. The van der Waals surface area contributed by atoms with Gasteiger partial charge < -0.3 is 15.3 Å². The van der Waals surface area contributed by atoms with Gasteiger partial charge in [0.05, 0.1) is 21.9 Å². The Morgan fingerprint density at radius 1 is 1.12 bits per heavy atom. The number of anilines is 3. The first-order chi connectivity index (χ1) is 19.2. The Hall–Kier alpha value is -3.38. The van der Waals surface area contributed by atoms with E-state index in [1.165, 1.54) is 12.1 Å². The molecule has 3 aliphatic rings. The molecular formula is C27H28ClFN6O4S. The molecule has 13 heteroatoms. The summed E-state index contributed by atoms with van der Waals surface area (Å²) >= 11 is 5.92. The van der Waals surface area contributed by atoms with Crippen molar-refractivity contribution in [2.45, 2.75) is 61.2 Å². The molecule has 2 fully saturated rings. The van der Waals surface area contributed by atoms with Gasteiger partial charge in [-0.1, -0.05) is 24.1 Å². The fourth-order valence-electron chi connectivity index (χ4n) is 5.86. The molecule has 1 saturated carbocycles. The van der Waals surface area contributed by atoms with Gasteiger partial charge in [0.1, 0.15) is 16.5 Å². The molecule has 3 aromatic rings. The van der Waals surface area contributed by atoms with Crippen LogP contribution in [-0.2, 0) is 26.5 Å². The summed E-state index contributed by atoms with van der Waals surface area (Å²) in [5, 5.41) is 13.2. The number of aliphatic carboxylic acids is 1. The number of halogens is 2. The fourth-order valence-corrected chi connectivity index (χ4v) is 7.58. The normalized spacial score (nSPS) is 19.9. The highest BCUT2D eigenvalue weighted by atomic mass is 35.5. The van der Waals surface area contributed by atoms with E-state index < -0.39 is 27.0 Å². The van der Waals surface area contributed by atoms with Crippen molar-refractivity contribution in [2.75, 3.05) is 29.1 Å². The van der Waals surface area contributed by atoms with E-state index in [2.05, 4.69) is 25.3 Å². The number of aryl methyl sites for hydroxylation is 1. The zero-order valence-corrected chi connectivity index (χ0v) is 23.2. The molecule has 0 atom stereocenters. The third-order valence-corrected chi connectivity index (χ3v) is 10.3. The Balaban J connectivity index is 1.29. The standard InChI is InChI=1S/C27H28ClFN6O4S/c28-17-14-30-23(31-15-17)16-6-10-35(11-7-16)26-33-21-3-1-12-40(38,39)22(21)24(34-26)32-18-4-5-19(20(29)13-18)27(25(36)37)8-2-9-27/h4-5,13-16H,1-3,6-12H2,(H,36,37)(H,32,33,34). The van der Waals surface area contributed by atoms with Crippen molar-refractivity contribution in [1.82, 2.24) is 19.9 Å².